The number of fused-ring (bicyclic) bond motifs is 1. The van der Waals surface area contributed by atoms with Gasteiger partial charge < -0.3 is 4.74 Å². The molecule has 1 aromatic carbocycles. The highest BCUT2D eigenvalue weighted by atomic mass is 16.5. The SMILES string of the molecule is CN1C(=O)Cc2cc(C3=NCCO3)ccc2C1=O. The van der Waals surface area contributed by atoms with Crippen molar-refractivity contribution in [2.75, 3.05) is 20.2 Å². The molecule has 0 unspecified atom stereocenters. The summed E-state index contributed by atoms with van der Waals surface area (Å²) in [6.07, 6.45) is 0.249. The molecule has 0 radical (unpaired) electrons. The van der Waals surface area contributed by atoms with Crippen LogP contribution in [0.2, 0.25) is 0 Å². The van der Waals surface area contributed by atoms with E-state index in [2.05, 4.69) is 4.99 Å². The second-order valence-electron chi connectivity index (χ2n) is 4.34. The standard InChI is InChI=1S/C13H12N2O3/c1-15-11(16)7-9-6-8(12-14-4-5-18-12)2-3-10(9)13(15)17/h2-3,6H,4-5,7H2,1H3. The lowest BCUT2D eigenvalue weighted by molar-refractivity contribution is -0.127. The third-order valence-electron chi connectivity index (χ3n) is 3.19. The molecule has 5 heteroatoms. The molecule has 2 aliphatic heterocycles. The molecule has 0 saturated carbocycles. The Morgan fingerprint density at radius 3 is 2.89 bits per heavy atom. The minimum absolute atomic E-state index is 0.182. The minimum atomic E-state index is -0.248. The number of ether oxygens (including phenoxy) is 1. The number of carbonyl (C=O) groups excluding carboxylic acids is 2. The van der Waals surface area contributed by atoms with Gasteiger partial charge in [0.15, 0.2) is 0 Å². The van der Waals surface area contributed by atoms with Crippen molar-refractivity contribution in [1.29, 1.82) is 0 Å². The van der Waals surface area contributed by atoms with Gasteiger partial charge in [0.25, 0.3) is 5.91 Å². The topological polar surface area (TPSA) is 59.0 Å². The highest BCUT2D eigenvalue weighted by Gasteiger charge is 2.28. The van der Waals surface area contributed by atoms with E-state index in [0.29, 0.717) is 24.6 Å². The summed E-state index contributed by atoms with van der Waals surface area (Å²) in [6, 6.07) is 5.37. The first-order valence-corrected chi connectivity index (χ1v) is 5.78. The van der Waals surface area contributed by atoms with Crippen LogP contribution >= 0.6 is 0 Å². The average Bonchev–Trinajstić information content (AvgIpc) is 2.89. The second-order valence-corrected chi connectivity index (χ2v) is 4.34. The zero-order chi connectivity index (χ0) is 12.7. The molecule has 2 amide bonds. The van der Waals surface area contributed by atoms with Crippen molar-refractivity contribution in [1.82, 2.24) is 4.90 Å². The van der Waals surface area contributed by atoms with Crippen molar-refractivity contribution in [3.05, 3.63) is 34.9 Å². The molecule has 18 heavy (non-hydrogen) atoms. The predicted octanol–water partition coefficient (Wildman–Crippen LogP) is 0.618. The fraction of sp³-hybridized carbons (Fsp3) is 0.308. The third kappa shape index (κ3) is 1.59. The molecule has 0 atom stereocenters. The number of benzene rings is 1. The Morgan fingerprint density at radius 1 is 1.33 bits per heavy atom. The maximum Gasteiger partial charge on any atom is 0.260 e. The molecule has 2 aliphatic rings. The molecular formula is C13H12N2O3. The number of imide groups is 1. The molecule has 0 aromatic heterocycles. The van der Waals surface area contributed by atoms with Crippen LogP contribution in [0.3, 0.4) is 0 Å². The fourth-order valence-electron chi connectivity index (χ4n) is 2.17. The molecular weight excluding hydrogens is 232 g/mol. The van der Waals surface area contributed by atoms with Gasteiger partial charge in [-0.1, -0.05) is 0 Å². The van der Waals surface area contributed by atoms with Crippen molar-refractivity contribution in [3.63, 3.8) is 0 Å². The maximum atomic E-state index is 11.9. The Labute approximate surface area is 104 Å². The zero-order valence-electron chi connectivity index (χ0n) is 9.97. The number of nitrogens with zero attached hydrogens (tertiary/aromatic N) is 2. The van der Waals surface area contributed by atoms with Crippen LogP contribution in [0.1, 0.15) is 21.5 Å². The maximum absolute atomic E-state index is 11.9. The van der Waals surface area contributed by atoms with Crippen molar-refractivity contribution in [2.24, 2.45) is 4.99 Å². The Balaban J connectivity index is 2.03. The van der Waals surface area contributed by atoms with Crippen LogP contribution in [0.25, 0.3) is 0 Å². The lowest BCUT2D eigenvalue weighted by atomic mass is 9.96. The number of hydrogen-bond acceptors (Lipinski definition) is 4. The van der Waals surface area contributed by atoms with E-state index >= 15 is 0 Å². The summed E-state index contributed by atoms with van der Waals surface area (Å²) in [4.78, 5) is 28.9. The molecule has 0 fully saturated rings. The van der Waals surface area contributed by atoms with E-state index in [0.717, 1.165) is 16.0 Å². The van der Waals surface area contributed by atoms with Crippen LogP contribution in [0.15, 0.2) is 23.2 Å². The van der Waals surface area contributed by atoms with Crippen molar-refractivity contribution in [2.45, 2.75) is 6.42 Å². The van der Waals surface area contributed by atoms with Crippen molar-refractivity contribution in [3.8, 4) is 0 Å². The smallest absolute Gasteiger partial charge is 0.260 e. The van der Waals surface area contributed by atoms with E-state index in [1.807, 2.05) is 12.1 Å². The summed E-state index contributed by atoms with van der Waals surface area (Å²) in [5, 5.41) is 0. The second kappa shape index (κ2) is 3.94. The lowest BCUT2D eigenvalue weighted by Crippen LogP contribution is -2.39. The van der Waals surface area contributed by atoms with E-state index in [1.54, 1.807) is 6.07 Å². The molecule has 5 nitrogen and oxygen atoms in total. The van der Waals surface area contributed by atoms with Crippen LogP contribution in [0.4, 0.5) is 0 Å². The number of rotatable bonds is 1. The van der Waals surface area contributed by atoms with Gasteiger partial charge in [-0.15, -0.1) is 0 Å². The predicted molar refractivity (Wildman–Crippen MR) is 64.6 cm³/mol. The average molecular weight is 244 g/mol. The quantitative estimate of drug-likeness (QED) is 0.680. The first kappa shape index (κ1) is 11.0. The van der Waals surface area contributed by atoms with Crippen LogP contribution in [0, 0.1) is 0 Å². The molecule has 2 heterocycles. The van der Waals surface area contributed by atoms with Crippen LogP contribution < -0.4 is 0 Å². The van der Waals surface area contributed by atoms with Gasteiger partial charge in [-0.25, -0.2) is 4.99 Å². The van der Waals surface area contributed by atoms with Crippen molar-refractivity contribution < 1.29 is 14.3 Å². The van der Waals surface area contributed by atoms with Gasteiger partial charge in [-0.3, -0.25) is 14.5 Å². The summed E-state index contributed by atoms with van der Waals surface area (Å²) < 4.78 is 5.37. The van der Waals surface area contributed by atoms with E-state index in [9.17, 15) is 9.59 Å². The summed E-state index contributed by atoms with van der Waals surface area (Å²) >= 11 is 0. The molecule has 0 saturated heterocycles. The Morgan fingerprint density at radius 2 is 2.17 bits per heavy atom. The van der Waals surface area contributed by atoms with Crippen LogP contribution in [-0.2, 0) is 16.0 Å². The molecule has 3 rings (SSSR count). The van der Waals surface area contributed by atoms with Crippen molar-refractivity contribution >= 4 is 17.7 Å². The molecule has 0 aliphatic carbocycles. The number of likely N-dealkylation sites (N-methyl/N-ethyl adjacent to an activating group) is 1. The molecule has 0 N–H and O–H groups in total. The van der Waals surface area contributed by atoms with Gasteiger partial charge in [0.2, 0.25) is 11.8 Å². The van der Waals surface area contributed by atoms with Gasteiger partial charge in [0, 0.05) is 18.2 Å². The number of amides is 2. The van der Waals surface area contributed by atoms with E-state index < -0.39 is 0 Å². The number of aliphatic imine (C=N–C) groups is 1. The summed E-state index contributed by atoms with van der Waals surface area (Å²) in [5.41, 5.74) is 2.16. The van der Waals surface area contributed by atoms with Crippen LogP contribution in [-0.4, -0.2) is 42.8 Å². The monoisotopic (exact) mass is 244 g/mol. The normalized spacial score (nSPS) is 18.5. The van der Waals surface area contributed by atoms with Crippen LogP contribution in [0.5, 0.6) is 0 Å². The highest BCUT2D eigenvalue weighted by Crippen LogP contribution is 2.21. The Bertz CT molecular complexity index is 578. The Hall–Kier alpha value is -2.17. The molecule has 0 spiro atoms. The summed E-state index contributed by atoms with van der Waals surface area (Å²) in [5.74, 6) is 0.164. The first-order chi connectivity index (χ1) is 8.66. The van der Waals surface area contributed by atoms with Gasteiger partial charge >= 0.3 is 0 Å². The van der Waals surface area contributed by atoms with E-state index in [1.165, 1.54) is 7.05 Å². The molecule has 92 valence electrons. The molecule has 1 aromatic rings. The first-order valence-electron chi connectivity index (χ1n) is 5.78. The third-order valence-corrected chi connectivity index (χ3v) is 3.19. The number of carbonyl (C=O) groups is 2. The number of hydrogen-bond donors (Lipinski definition) is 0. The van der Waals surface area contributed by atoms with E-state index in [4.69, 9.17) is 4.74 Å². The highest BCUT2D eigenvalue weighted by molar-refractivity contribution is 6.10. The lowest BCUT2D eigenvalue weighted by Gasteiger charge is -2.23. The summed E-state index contributed by atoms with van der Waals surface area (Å²) in [7, 11) is 1.51. The van der Waals surface area contributed by atoms with Gasteiger partial charge in [0.05, 0.1) is 13.0 Å². The van der Waals surface area contributed by atoms with Gasteiger partial charge in [-0.05, 0) is 23.8 Å². The van der Waals surface area contributed by atoms with Gasteiger partial charge in [0.1, 0.15) is 6.61 Å². The molecule has 0 bridgehead atoms. The zero-order valence-corrected chi connectivity index (χ0v) is 9.97. The summed E-state index contributed by atoms with van der Waals surface area (Å²) in [6.45, 7) is 1.25. The fourth-order valence-corrected chi connectivity index (χ4v) is 2.17. The Kier molecular flexibility index (Phi) is 2.40. The minimum Gasteiger partial charge on any atom is -0.476 e. The van der Waals surface area contributed by atoms with E-state index in [-0.39, 0.29) is 18.2 Å². The van der Waals surface area contributed by atoms with Gasteiger partial charge in [-0.2, -0.15) is 0 Å². The largest absolute Gasteiger partial charge is 0.476 e.